The molecule has 3 aromatic rings. The zero-order valence-corrected chi connectivity index (χ0v) is 12.4. The van der Waals surface area contributed by atoms with E-state index in [4.69, 9.17) is 4.74 Å². The molecule has 0 aliphatic rings. The lowest BCUT2D eigenvalue weighted by Crippen LogP contribution is -1.91. The Balaban J connectivity index is 2.03. The highest BCUT2D eigenvalue weighted by Gasteiger charge is 2.09. The third-order valence-corrected chi connectivity index (χ3v) is 3.46. The van der Waals surface area contributed by atoms with Crippen LogP contribution in [0.2, 0.25) is 0 Å². The molecule has 0 radical (unpaired) electrons. The second kappa shape index (κ2) is 5.13. The summed E-state index contributed by atoms with van der Waals surface area (Å²) in [5.41, 5.74) is 0.895. The van der Waals surface area contributed by atoms with Crippen molar-refractivity contribution in [3.05, 3.63) is 58.7 Å². The van der Waals surface area contributed by atoms with Crippen molar-refractivity contribution in [2.24, 2.45) is 0 Å². The molecule has 2 aromatic carbocycles. The smallest absolute Gasteiger partial charge is 0.222 e. The maximum atomic E-state index is 10.1. The number of nitrogens with zero attached hydrogens (tertiary/aromatic N) is 1. The van der Waals surface area contributed by atoms with Crippen LogP contribution in [-0.2, 0) is 0 Å². The Morgan fingerprint density at radius 2 is 1.80 bits per heavy atom. The Morgan fingerprint density at radius 3 is 2.50 bits per heavy atom. The summed E-state index contributed by atoms with van der Waals surface area (Å²) in [5, 5.41) is 12.0. The van der Waals surface area contributed by atoms with Crippen molar-refractivity contribution >= 4 is 26.7 Å². The van der Waals surface area contributed by atoms with E-state index >= 15 is 0 Å². The lowest BCUT2D eigenvalue weighted by Gasteiger charge is -2.10. The first kappa shape index (κ1) is 12.9. The Hall–Kier alpha value is -2.07. The van der Waals surface area contributed by atoms with E-state index in [0.717, 1.165) is 20.8 Å². The van der Waals surface area contributed by atoms with Crippen molar-refractivity contribution in [3.63, 3.8) is 0 Å². The van der Waals surface area contributed by atoms with Gasteiger partial charge in [0, 0.05) is 16.2 Å². The standard InChI is InChI=1S/C16H12BrNO2/c1-10-6-13(17)9-18-16(10)20-15-8-12-5-3-2-4-11(12)7-14(15)19/h2-9,19H,1H3. The molecular formula is C16H12BrNO2. The maximum Gasteiger partial charge on any atom is 0.222 e. The molecular weight excluding hydrogens is 318 g/mol. The fraction of sp³-hybridized carbons (Fsp3) is 0.0625. The van der Waals surface area contributed by atoms with Crippen molar-refractivity contribution < 1.29 is 9.84 Å². The highest BCUT2D eigenvalue weighted by Crippen LogP contribution is 2.35. The number of fused-ring (bicyclic) bond motifs is 1. The summed E-state index contributed by atoms with van der Waals surface area (Å²) in [6.45, 7) is 1.91. The van der Waals surface area contributed by atoms with Crippen LogP contribution in [0.25, 0.3) is 10.8 Å². The molecule has 4 heteroatoms. The number of aryl methyl sites for hydroxylation is 1. The van der Waals surface area contributed by atoms with Gasteiger partial charge in [-0.1, -0.05) is 24.3 Å². The number of halogens is 1. The molecule has 1 heterocycles. The Morgan fingerprint density at radius 1 is 1.10 bits per heavy atom. The van der Waals surface area contributed by atoms with Crippen LogP contribution in [-0.4, -0.2) is 10.1 Å². The number of phenols is 1. The van der Waals surface area contributed by atoms with E-state index in [-0.39, 0.29) is 5.75 Å². The molecule has 0 spiro atoms. The summed E-state index contributed by atoms with van der Waals surface area (Å²) in [6, 6.07) is 13.2. The molecule has 0 aliphatic carbocycles. The van der Waals surface area contributed by atoms with E-state index in [2.05, 4.69) is 20.9 Å². The van der Waals surface area contributed by atoms with Crippen LogP contribution in [0.3, 0.4) is 0 Å². The van der Waals surface area contributed by atoms with Gasteiger partial charge in [0.2, 0.25) is 5.88 Å². The Kier molecular flexibility index (Phi) is 3.32. The summed E-state index contributed by atoms with van der Waals surface area (Å²) >= 11 is 3.36. The average molecular weight is 330 g/mol. The minimum Gasteiger partial charge on any atom is -0.504 e. The second-order valence-electron chi connectivity index (χ2n) is 4.54. The quantitative estimate of drug-likeness (QED) is 0.734. The van der Waals surface area contributed by atoms with Crippen LogP contribution >= 0.6 is 15.9 Å². The van der Waals surface area contributed by atoms with E-state index in [1.807, 2.05) is 43.3 Å². The Labute approximate surface area is 125 Å². The number of benzene rings is 2. The minimum absolute atomic E-state index is 0.104. The monoisotopic (exact) mass is 329 g/mol. The van der Waals surface area contributed by atoms with Crippen LogP contribution in [0.5, 0.6) is 17.4 Å². The zero-order chi connectivity index (χ0) is 14.1. The second-order valence-corrected chi connectivity index (χ2v) is 5.46. The third kappa shape index (κ3) is 2.47. The first-order valence-electron chi connectivity index (χ1n) is 6.15. The van der Waals surface area contributed by atoms with E-state index in [0.29, 0.717) is 11.6 Å². The molecule has 20 heavy (non-hydrogen) atoms. The van der Waals surface area contributed by atoms with Crippen LogP contribution < -0.4 is 4.74 Å². The summed E-state index contributed by atoms with van der Waals surface area (Å²) in [5.74, 6) is 0.994. The fourth-order valence-corrected chi connectivity index (χ4v) is 2.47. The summed E-state index contributed by atoms with van der Waals surface area (Å²) in [4.78, 5) is 4.21. The predicted molar refractivity (Wildman–Crippen MR) is 82.4 cm³/mol. The van der Waals surface area contributed by atoms with Gasteiger partial charge in [-0.25, -0.2) is 4.98 Å². The molecule has 0 amide bonds. The molecule has 1 aromatic heterocycles. The van der Waals surface area contributed by atoms with E-state index < -0.39 is 0 Å². The van der Waals surface area contributed by atoms with Crippen molar-refractivity contribution in [2.45, 2.75) is 6.92 Å². The molecule has 0 saturated carbocycles. The van der Waals surface area contributed by atoms with Gasteiger partial charge in [0.1, 0.15) is 0 Å². The molecule has 0 fully saturated rings. The van der Waals surface area contributed by atoms with E-state index in [9.17, 15) is 5.11 Å². The summed E-state index contributed by atoms with van der Waals surface area (Å²) in [6.07, 6.45) is 1.67. The summed E-state index contributed by atoms with van der Waals surface area (Å²) in [7, 11) is 0. The third-order valence-electron chi connectivity index (χ3n) is 3.03. The predicted octanol–water partition coefficient (Wildman–Crippen LogP) is 4.80. The topological polar surface area (TPSA) is 42.4 Å². The van der Waals surface area contributed by atoms with Crippen molar-refractivity contribution in [1.29, 1.82) is 0 Å². The zero-order valence-electron chi connectivity index (χ0n) is 10.8. The number of phenolic OH excluding ortho intramolecular Hbond substituents is 1. The fourth-order valence-electron chi connectivity index (χ4n) is 2.03. The number of pyridine rings is 1. The molecule has 0 bridgehead atoms. The first-order valence-corrected chi connectivity index (χ1v) is 6.94. The summed E-state index contributed by atoms with van der Waals surface area (Å²) < 4.78 is 6.61. The number of aromatic hydroxyl groups is 1. The molecule has 1 N–H and O–H groups in total. The number of ether oxygens (including phenoxy) is 1. The molecule has 3 rings (SSSR count). The van der Waals surface area contributed by atoms with Gasteiger partial charge in [-0.2, -0.15) is 0 Å². The van der Waals surface area contributed by atoms with E-state index in [1.165, 1.54) is 0 Å². The molecule has 100 valence electrons. The molecule has 0 aliphatic heterocycles. The van der Waals surface area contributed by atoms with Gasteiger partial charge in [0.15, 0.2) is 11.5 Å². The lowest BCUT2D eigenvalue weighted by molar-refractivity contribution is 0.402. The molecule has 0 atom stereocenters. The van der Waals surface area contributed by atoms with Crippen LogP contribution in [0, 0.1) is 6.92 Å². The van der Waals surface area contributed by atoms with Gasteiger partial charge in [-0.15, -0.1) is 0 Å². The number of aromatic nitrogens is 1. The van der Waals surface area contributed by atoms with E-state index in [1.54, 1.807) is 12.3 Å². The van der Waals surface area contributed by atoms with Crippen molar-refractivity contribution in [1.82, 2.24) is 4.98 Å². The maximum absolute atomic E-state index is 10.1. The normalized spacial score (nSPS) is 10.7. The largest absolute Gasteiger partial charge is 0.504 e. The van der Waals surface area contributed by atoms with Gasteiger partial charge in [0.25, 0.3) is 0 Å². The van der Waals surface area contributed by atoms with Crippen molar-refractivity contribution in [2.75, 3.05) is 0 Å². The number of hydrogen-bond acceptors (Lipinski definition) is 3. The number of hydrogen-bond donors (Lipinski definition) is 1. The molecule has 0 saturated heterocycles. The average Bonchev–Trinajstić information content (AvgIpc) is 2.42. The Bertz CT molecular complexity index is 787. The highest BCUT2D eigenvalue weighted by atomic mass is 79.9. The first-order chi connectivity index (χ1) is 9.63. The highest BCUT2D eigenvalue weighted by molar-refractivity contribution is 9.10. The minimum atomic E-state index is 0.104. The van der Waals surface area contributed by atoms with Gasteiger partial charge in [0.05, 0.1) is 0 Å². The SMILES string of the molecule is Cc1cc(Br)cnc1Oc1cc2ccccc2cc1O. The molecule has 3 nitrogen and oxygen atoms in total. The van der Waals surface area contributed by atoms with Gasteiger partial charge >= 0.3 is 0 Å². The van der Waals surface area contributed by atoms with Crippen molar-refractivity contribution in [3.8, 4) is 17.4 Å². The van der Waals surface area contributed by atoms with Gasteiger partial charge < -0.3 is 9.84 Å². The van der Waals surface area contributed by atoms with Crippen LogP contribution in [0.4, 0.5) is 0 Å². The van der Waals surface area contributed by atoms with Gasteiger partial charge in [-0.3, -0.25) is 0 Å². The van der Waals surface area contributed by atoms with Crippen LogP contribution in [0.1, 0.15) is 5.56 Å². The molecule has 0 unspecified atom stereocenters. The van der Waals surface area contributed by atoms with Gasteiger partial charge in [-0.05, 0) is 51.8 Å². The number of rotatable bonds is 2. The lowest BCUT2D eigenvalue weighted by atomic mass is 10.1. The van der Waals surface area contributed by atoms with Crippen LogP contribution in [0.15, 0.2) is 53.1 Å².